The van der Waals surface area contributed by atoms with Crippen LogP contribution in [0.4, 0.5) is 0 Å². The molecule has 0 spiro atoms. The Labute approximate surface area is 304 Å². The number of hydrogen-bond acceptors (Lipinski definition) is 12. The minimum Gasteiger partial charge on any atom is -0.462 e. The molecule has 292 valence electrons. The van der Waals surface area contributed by atoms with Gasteiger partial charge in [-0.3, -0.25) is 27.8 Å². The molecule has 4 fully saturated rings. The monoisotopic (exact) mass is 774 g/mol. The number of carbonyl (C=O) groups is 2. The van der Waals surface area contributed by atoms with Crippen molar-refractivity contribution in [1.82, 2.24) is 9.80 Å². The maximum absolute atomic E-state index is 12.4. The summed E-state index contributed by atoms with van der Waals surface area (Å²) < 4.78 is 74.6. The van der Waals surface area contributed by atoms with E-state index < -0.39 is 32.6 Å². The molecule has 4 aliphatic rings. The van der Waals surface area contributed by atoms with Gasteiger partial charge in [0.15, 0.2) is 0 Å². The van der Waals surface area contributed by atoms with Gasteiger partial charge in [-0.2, -0.15) is 16.8 Å². The molecule has 16 nitrogen and oxygen atoms in total. The number of rotatable bonds is 8. The highest BCUT2D eigenvalue weighted by atomic mass is 32.3. The number of piperidine rings is 2. The van der Waals surface area contributed by atoms with Crippen LogP contribution in [0.5, 0.6) is 0 Å². The topological polar surface area (TPSA) is 249 Å². The van der Waals surface area contributed by atoms with Crippen LogP contribution >= 0.6 is 0 Å². The molecule has 4 saturated heterocycles. The van der Waals surface area contributed by atoms with Gasteiger partial charge in [-0.15, -0.1) is 0 Å². The van der Waals surface area contributed by atoms with E-state index in [4.69, 9.17) is 44.5 Å². The third kappa shape index (κ3) is 14.4. The summed E-state index contributed by atoms with van der Waals surface area (Å²) in [4.78, 5) is 29.6. The van der Waals surface area contributed by atoms with Gasteiger partial charge < -0.3 is 29.5 Å². The molecule has 2 aromatic carbocycles. The number of carbonyl (C=O) groups excluding carboxylic acids is 2. The summed E-state index contributed by atoms with van der Waals surface area (Å²) in [6.45, 7) is -0.412. The Morgan fingerprint density at radius 3 is 1.08 bits per heavy atom. The first-order valence-electron chi connectivity index (χ1n) is 16.9. The standard InChI is InChI=1S/2C17H23NO3.2H2O4S/c2*1-18-13-7-8-14(18)10-15(9-13)21-17(20)16(11-19)12-5-3-2-4-6-12;2*1-5(2,3)4/h2*2-6,13-16,19H,7-11H2,1H3;2*(H2,1,2,3,4)/t2*13-,14+,15+,16?;;. The average molecular weight is 775 g/mol. The van der Waals surface area contributed by atoms with Crippen molar-refractivity contribution in [2.75, 3.05) is 27.3 Å². The van der Waals surface area contributed by atoms with E-state index in [0.717, 1.165) is 36.8 Å². The van der Waals surface area contributed by atoms with Crippen LogP contribution in [0, 0.1) is 0 Å². The molecular weight excluding hydrogens is 725 g/mol. The Bertz CT molecular complexity index is 1470. The first-order chi connectivity index (χ1) is 24.4. The lowest BCUT2D eigenvalue weighted by molar-refractivity contribution is -0.156. The molecule has 0 radical (unpaired) electrons. The molecule has 4 bridgehead atoms. The van der Waals surface area contributed by atoms with Crippen molar-refractivity contribution < 1.29 is 64.3 Å². The van der Waals surface area contributed by atoms with E-state index in [9.17, 15) is 19.8 Å². The number of ether oxygens (including phenoxy) is 2. The van der Waals surface area contributed by atoms with Gasteiger partial charge in [0.25, 0.3) is 0 Å². The lowest BCUT2D eigenvalue weighted by Gasteiger charge is -2.36. The number of aliphatic hydroxyl groups is 2. The first kappa shape index (κ1) is 43.4. The summed E-state index contributed by atoms with van der Waals surface area (Å²) in [6.07, 6.45) is 8.52. The van der Waals surface area contributed by atoms with Crippen molar-refractivity contribution in [3.05, 3.63) is 71.8 Å². The zero-order valence-electron chi connectivity index (χ0n) is 29.1. The Balaban J connectivity index is 0.000000223. The van der Waals surface area contributed by atoms with Crippen molar-refractivity contribution in [2.24, 2.45) is 0 Å². The van der Waals surface area contributed by atoms with Crippen LogP contribution in [0.3, 0.4) is 0 Å². The second-order valence-electron chi connectivity index (χ2n) is 13.3. The summed E-state index contributed by atoms with van der Waals surface area (Å²) in [5.41, 5.74) is 1.64. The average Bonchev–Trinajstić information content (AvgIpc) is 3.37. The van der Waals surface area contributed by atoms with Gasteiger partial charge >= 0.3 is 32.7 Å². The van der Waals surface area contributed by atoms with E-state index in [1.807, 2.05) is 60.7 Å². The summed E-state index contributed by atoms with van der Waals surface area (Å²) in [5, 5.41) is 19.1. The van der Waals surface area contributed by atoms with Crippen LogP contribution in [-0.4, -0.2) is 131 Å². The van der Waals surface area contributed by atoms with Crippen LogP contribution in [0.2, 0.25) is 0 Å². The number of aliphatic hydroxyl groups excluding tert-OH is 2. The molecular formula is C34H50N2O14S2. The van der Waals surface area contributed by atoms with Gasteiger partial charge in [0.2, 0.25) is 0 Å². The summed E-state index contributed by atoms with van der Waals surface area (Å²) in [6, 6.07) is 20.9. The van der Waals surface area contributed by atoms with Crippen LogP contribution in [0.15, 0.2) is 60.7 Å². The van der Waals surface area contributed by atoms with Crippen LogP contribution in [-0.2, 0) is 39.9 Å². The van der Waals surface area contributed by atoms with Crippen molar-refractivity contribution in [3.63, 3.8) is 0 Å². The molecule has 2 unspecified atom stereocenters. The maximum Gasteiger partial charge on any atom is 0.394 e. The van der Waals surface area contributed by atoms with Crippen molar-refractivity contribution in [3.8, 4) is 0 Å². The summed E-state index contributed by atoms with van der Waals surface area (Å²) in [5.74, 6) is -1.72. The van der Waals surface area contributed by atoms with Gasteiger partial charge in [0, 0.05) is 24.2 Å². The van der Waals surface area contributed by atoms with Gasteiger partial charge in [0.1, 0.15) is 24.0 Å². The zero-order chi connectivity index (χ0) is 38.6. The summed E-state index contributed by atoms with van der Waals surface area (Å²) in [7, 11) is -5.00. The Kier molecular flexibility index (Phi) is 16.6. The smallest absolute Gasteiger partial charge is 0.394 e. The zero-order valence-corrected chi connectivity index (χ0v) is 30.8. The second-order valence-corrected chi connectivity index (χ2v) is 15.1. The molecule has 0 aromatic heterocycles. The Morgan fingerprint density at radius 2 is 0.846 bits per heavy atom. The van der Waals surface area contributed by atoms with Gasteiger partial charge in [0.05, 0.1) is 13.2 Å². The molecule has 6 rings (SSSR count). The van der Waals surface area contributed by atoms with Crippen molar-refractivity contribution >= 4 is 32.7 Å². The molecule has 0 amide bonds. The SMILES string of the molecule is CN1[C@@H]2CC[C@H]1C[C@@H](OC(=O)C(CO)c1ccccc1)C2.CN1[C@@H]2CC[C@H]1C[C@@H](OC(=O)C(CO)c1ccccc1)C2.O=S(=O)(O)O.O=S(=O)(O)O. The minimum atomic E-state index is -4.67. The highest BCUT2D eigenvalue weighted by Gasteiger charge is 2.41. The number of esters is 2. The van der Waals surface area contributed by atoms with Gasteiger partial charge in [-0.25, -0.2) is 0 Å². The van der Waals surface area contributed by atoms with Gasteiger partial charge in [-0.1, -0.05) is 60.7 Å². The predicted molar refractivity (Wildman–Crippen MR) is 188 cm³/mol. The fourth-order valence-corrected chi connectivity index (χ4v) is 7.41. The number of benzene rings is 2. The molecule has 0 aliphatic carbocycles. The molecule has 18 heteroatoms. The van der Waals surface area contributed by atoms with E-state index in [1.54, 1.807) is 0 Å². The van der Waals surface area contributed by atoms with E-state index in [1.165, 1.54) is 25.7 Å². The molecule has 4 heterocycles. The van der Waals surface area contributed by atoms with Crippen LogP contribution in [0.1, 0.15) is 74.3 Å². The largest absolute Gasteiger partial charge is 0.462 e. The molecule has 8 atom stereocenters. The van der Waals surface area contributed by atoms with E-state index in [2.05, 4.69) is 23.9 Å². The predicted octanol–water partition coefficient (Wildman–Crippen LogP) is 2.56. The van der Waals surface area contributed by atoms with Crippen molar-refractivity contribution in [2.45, 2.75) is 99.6 Å². The maximum atomic E-state index is 12.4. The highest BCUT2D eigenvalue weighted by molar-refractivity contribution is 7.80. The molecule has 2 aromatic rings. The van der Waals surface area contributed by atoms with Crippen molar-refractivity contribution in [1.29, 1.82) is 0 Å². The lowest BCUT2D eigenvalue weighted by Crippen LogP contribution is -2.43. The Morgan fingerprint density at radius 1 is 0.596 bits per heavy atom. The normalized spacial score (nSPS) is 26.5. The fourth-order valence-electron chi connectivity index (χ4n) is 7.41. The molecule has 52 heavy (non-hydrogen) atoms. The van der Waals surface area contributed by atoms with Crippen LogP contribution in [0.25, 0.3) is 0 Å². The highest BCUT2D eigenvalue weighted by Crippen LogP contribution is 2.37. The lowest BCUT2D eigenvalue weighted by atomic mass is 9.98. The number of nitrogens with zero attached hydrogens (tertiary/aromatic N) is 2. The Hall–Kier alpha value is -3.04. The number of hydrogen-bond donors (Lipinski definition) is 6. The quantitative estimate of drug-likeness (QED) is 0.167. The molecule has 6 N–H and O–H groups in total. The number of fused-ring (bicyclic) bond motifs is 4. The minimum absolute atomic E-state index is 0.00367. The summed E-state index contributed by atoms with van der Waals surface area (Å²) >= 11 is 0. The third-order valence-corrected chi connectivity index (χ3v) is 10.0. The molecule has 0 saturated carbocycles. The van der Waals surface area contributed by atoms with E-state index in [0.29, 0.717) is 24.2 Å². The first-order valence-corrected chi connectivity index (χ1v) is 19.7. The van der Waals surface area contributed by atoms with E-state index >= 15 is 0 Å². The van der Waals surface area contributed by atoms with Crippen LogP contribution < -0.4 is 0 Å². The molecule has 4 aliphatic heterocycles. The fraction of sp³-hybridized carbons (Fsp3) is 0.588. The van der Waals surface area contributed by atoms with E-state index in [-0.39, 0.29) is 37.4 Å². The second kappa shape index (κ2) is 19.9. The third-order valence-electron chi connectivity index (χ3n) is 10.0. The van der Waals surface area contributed by atoms with Gasteiger partial charge in [-0.05, 0) is 76.6 Å².